The Hall–Kier alpha value is -0.500. The molecule has 15 heavy (non-hydrogen) atoms. The van der Waals surface area contributed by atoms with Gasteiger partial charge in [-0.15, -0.1) is 0 Å². The molecule has 0 radical (unpaired) electrons. The van der Waals surface area contributed by atoms with Crippen LogP contribution < -0.4 is 5.73 Å². The highest BCUT2D eigenvalue weighted by atomic mass is 35.5. The van der Waals surface area contributed by atoms with E-state index in [2.05, 4.69) is 6.08 Å². The quantitative estimate of drug-likeness (QED) is 0.794. The molecular weight excluding hydrogens is 229 g/mol. The zero-order valence-corrected chi connectivity index (χ0v) is 9.85. The fourth-order valence-corrected chi connectivity index (χ4v) is 2.35. The van der Waals surface area contributed by atoms with Gasteiger partial charge in [-0.3, -0.25) is 0 Å². The summed E-state index contributed by atoms with van der Waals surface area (Å²) in [7, 11) is 0. The number of nitrogens with two attached hydrogens (primary N) is 1. The van der Waals surface area contributed by atoms with Gasteiger partial charge in [-0.25, -0.2) is 0 Å². The molecule has 0 heterocycles. The van der Waals surface area contributed by atoms with Crippen LogP contribution in [0.1, 0.15) is 24.8 Å². The van der Waals surface area contributed by atoms with Gasteiger partial charge in [0.25, 0.3) is 0 Å². The van der Waals surface area contributed by atoms with Crippen molar-refractivity contribution >= 4 is 28.8 Å². The molecule has 0 saturated carbocycles. The molecule has 0 saturated heterocycles. The fourth-order valence-electron chi connectivity index (χ4n) is 1.93. The van der Waals surface area contributed by atoms with Crippen LogP contribution in [0, 0.1) is 0 Å². The van der Waals surface area contributed by atoms with Crippen LogP contribution in [-0.4, -0.2) is 6.04 Å². The molecule has 2 N–H and O–H groups in total. The van der Waals surface area contributed by atoms with Gasteiger partial charge in [-0.1, -0.05) is 41.4 Å². The van der Waals surface area contributed by atoms with Crippen LogP contribution >= 0.6 is 23.2 Å². The third-order valence-corrected chi connectivity index (χ3v) is 3.52. The van der Waals surface area contributed by atoms with E-state index in [-0.39, 0.29) is 6.04 Å². The Balaban J connectivity index is 2.41. The molecule has 1 aromatic carbocycles. The third-order valence-electron chi connectivity index (χ3n) is 2.70. The first-order chi connectivity index (χ1) is 7.18. The molecule has 2 rings (SSSR count). The van der Waals surface area contributed by atoms with Gasteiger partial charge in [0.05, 0.1) is 10.0 Å². The van der Waals surface area contributed by atoms with E-state index in [4.69, 9.17) is 28.9 Å². The number of benzene rings is 1. The maximum atomic E-state index is 6.16. The fraction of sp³-hybridized carbons (Fsp3) is 0.333. The Morgan fingerprint density at radius 1 is 1.27 bits per heavy atom. The maximum Gasteiger partial charge on any atom is 0.0667 e. The lowest BCUT2D eigenvalue weighted by molar-refractivity contribution is 0.654. The van der Waals surface area contributed by atoms with E-state index in [0.717, 1.165) is 24.8 Å². The van der Waals surface area contributed by atoms with Crippen LogP contribution in [0.4, 0.5) is 0 Å². The first-order valence-electron chi connectivity index (χ1n) is 5.09. The molecule has 3 heteroatoms. The molecule has 0 aliphatic heterocycles. The van der Waals surface area contributed by atoms with E-state index in [9.17, 15) is 0 Å². The summed E-state index contributed by atoms with van der Waals surface area (Å²) in [6, 6.07) is 5.88. The highest BCUT2D eigenvalue weighted by Crippen LogP contribution is 2.34. The number of hydrogen-bond donors (Lipinski definition) is 1. The van der Waals surface area contributed by atoms with E-state index < -0.39 is 0 Å². The Morgan fingerprint density at radius 3 is 2.80 bits per heavy atom. The van der Waals surface area contributed by atoms with Crippen LogP contribution in [0.5, 0.6) is 0 Å². The minimum atomic E-state index is 0.156. The number of hydrogen-bond acceptors (Lipinski definition) is 1. The molecule has 0 aromatic heterocycles. The van der Waals surface area contributed by atoms with E-state index in [1.807, 2.05) is 12.1 Å². The number of rotatable bonds is 1. The van der Waals surface area contributed by atoms with E-state index in [1.165, 1.54) is 5.57 Å². The Labute approximate surface area is 99.9 Å². The molecule has 1 unspecified atom stereocenters. The zero-order valence-electron chi connectivity index (χ0n) is 8.34. The molecule has 1 aliphatic carbocycles. The minimum Gasteiger partial charge on any atom is -0.324 e. The van der Waals surface area contributed by atoms with Crippen LogP contribution in [0.25, 0.3) is 5.57 Å². The third kappa shape index (κ3) is 2.36. The lowest BCUT2D eigenvalue weighted by atomic mass is 9.91. The van der Waals surface area contributed by atoms with Crippen LogP contribution in [0.15, 0.2) is 24.3 Å². The monoisotopic (exact) mass is 241 g/mol. The first kappa shape index (κ1) is 11.0. The Morgan fingerprint density at radius 2 is 2.07 bits per heavy atom. The first-order valence-corrected chi connectivity index (χ1v) is 5.85. The molecule has 80 valence electrons. The number of halogens is 2. The van der Waals surface area contributed by atoms with Crippen molar-refractivity contribution in [3.8, 4) is 0 Å². The van der Waals surface area contributed by atoms with Crippen LogP contribution in [0.2, 0.25) is 10.0 Å². The SMILES string of the molecule is NC1C=C(c2cccc(Cl)c2Cl)CCC1. The zero-order chi connectivity index (χ0) is 10.8. The van der Waals surface area contributed by atoms with Gasteiger partial charge in [0.15, 0.2) is 0 Å². The van der Waals surface area contributed by atoms with Gasteiger partial charge >= 0.3 is 0 Å². The van der Waals surface area contributed by atoms with Gasteiger partial charge in [-0.2, -0.15) is 0 Å². The Bertz CT molecular complexity index is 399. The molecule has 0 bridgehead atoms. The highest BCUT2D eigenvalue weighted by molar-refractivity contribution is 6.43. The summed E-state index contributed by atoms with van der Waals surface area (Å²) in [5, 5.41) is 1.24. The van der Waals surface area contributed by atoms with E-state index >= 15 is 0 Å². The summed E-state index contributed by atoms with van der Waals surface area (Å²) in [4.78, 5) is 0. The summed E-state index contributed by atoms with van der Waals surface area (Å²) in [6.45, 7) is 0. The average Bonchev–Trinajstić information content (AvgIpc) is 2.22. The summed E-state index contributed by atoms with van der Waals surface area (Å²) in [5.41, 5.74) is 8.15. The van der Waals surface area contributed by atoms with Crippen LogP contribution in [0.3, 0.4) is 0 Å². The van der Waals surface area contributed by atoms with Crippen molar-refractivity contribution in [1.82, 2.24) is 0 Å². The predicted molar refractivity (Wildman–Crippen MR) is 66.3 cm³/mol. The molecule has 0 spiro atoms. The topological polar surface area (TPSA) is 26.0 Å². The standard InChI is InChI=1S/C12H13Cl2N/c13-11-6-2-5-10(12(11)14)8-3-1-4-9(15)7-8/h2,5-7,9H,1,3-4,15H2. The van der Waals surface area contributed by atoms with Gasteiger partial charge in [0, 0.05) is 6.04 Å². The summed E-state index contributed by atoms with van der Waals surface area (Å²) < 4.78 is 0. The van der Waals surface area contributed by atoms with Crippen molar-refractivity contribution < 1.29 is 0 Å². The highest BCUT2D eigenvalue weighted by Gasteiger charge is 2.14. The second kappa shape index (κ2) is 4.56. The lowest BCUT2D eigenvalue weighted by Gasteiger charge is -2.19. The predicted octanol–water partition coefficient (Wildman–Crippen LogP) is 3.89. The van der Waals surface area contributed by atoms with Crippen molar-refractivity contribution in [1.29, 1.82) is 0 Å². The largest absolute Gasteiger partial charge is 0.324 e. The normalized spacial score (nSPS) is 21.3. The van der Waals surface area contributed by atoms with Crippen molar-refractivity contribution in [2.75, 3.05) is 0 Å². The molecule has 1 aromatic rings. The van der Waals surface area contributed by atoms with Gasteiger partial charge in [0.2, 0.25) is 0 Å². The smallest absolute Gasteiger partial charge is 0.0667 e. The summed E-state index contributed by atoms with van der Waals surface area (Å²) in [5.74, 6) is 0. The van der Waals surface area contributed by atoms with Crippen LogP contribution in [-0.2, 0) is 0 Å². The second-order valence-electron chi connectivity index (χ2n) is 3.85. The minimum absolute atomic E-state index is 0.156. The van der Waals surface area contributed by atoms with Gasteiger partial charge < -0.3 is 5.73 Å². The lowest BCUT2D eigenvalue weighted by Crippen LogP contribution is -2.20. The molecular formula is C12H13Cl2N. The van der Waals surface area contributed by atoms with E-state index in [0.29, 0.717) is 10.0 Å². The summed E-state index contributed by atoms with van der Waals surface area (Å²) in [6.07, 6.45) is 5.31. The van der Waals surface area contributed by atoms with Gasteiger partial charge in [0.1, 0.15) is 0 Å². The van der Waals surface area contributed by atoms with Crippen molar-refractivity contribution in [2.24, 2.45) is 5.73 Å². The number of allylic oxidation sites excluding steroid dienone is 1. The molecule has 0 fully saturated rings. The van der Waals surface area contributed by atoms with E-state index in [1.54, 1.807) is 6.07 Å². The van der Waals surface area contributed by atoms with Gasteiger partial charge in [-0.05, 0) is 36.5 Å². The second-order valence-corrected chi connectivity index (χ2v) is 4.63. The Kier molecular flexibility index (Phi) is 3.35. The van der Waals surface area contributed by atoms with Crippen molar-refractivity contribution in [3.05, 3.63) is 39.9 Å². The van der Waals surface area contributed by atoms with Crippen molar-refractivity contribution in [3.63, 3.8) is 0 Å². The van der Waals surface area contributed by atoms with Crippen molar-refractivity contribution in [2.45, 2.75) is 25.3 Å². The maximum absolute atomic E-state index is 6.16. The summed E-state index contributed by atoms with van der Waals surface area (Å²) >= 11 is 12.1. The molecule has 0 amide bonds. The molecule has 1 atom stereocenters. The molecule has 1 nitrogen and oxygen atoms in total. The average molecular weight is 242 g/mol. The molecule has 1 aliphatic rings.